The van der Waals surface area contributed by atoms with Crippen molar-refractivity contribution in [1.29, 1.82) is 0 Å². The second-order valence-corrected chi connectivity index (χ2v) is 7.36. The number of nitrogens with zero attached hydrogens (tertiary/aromatic N) is 1. The third kappa shape index (κ3) is 2.91. The number of carboxylic acid groups (broad SMARTS) is 1. The molecule has 1 amide bonds. The Hall–Kier alpha value is -1.59. The van der Waals surface area contributed by atoms with Crippen LogP contribution in [-0.2, 0) is 15.0 Å². The van der Waals surface area contributed by atoms with Gasteiger partial charge in [0, 0.05) is 31.0 Å². The standard InChI is InChI=1S/C18H22ClNO4/c19-14-5-3-4-13(12-14)17(6-1-2-7-17)15(21)20-10-8-18(24,9-11-20)16(22)23/h3-5,12,24H,1-2,6-11H2,(H,22,23). The first-order chi connectivity index (χ1) is 11.4. The first-order valence-corrected chi connectivity index (χ1v) is 8.76. The number of carbonyl (C=O) groups is 2. The first kappa shape index (κ1) is 17.2. The number of carbonyl (C=O) groups excluding carboxylic acids is 1. The Morgan fingerprint density at radius 3 is 2.25 bits per heavy atom. The van der Waals surface area contributed by atoms with E-state index in [0.29, 0.717) is 5.02 Å². The molecule has 1 heterocycles. The lowest BCUT2D eigenvalue weighted by Gasteiger charge is -2.40. The van der Waals surface area contributed by atoms with Gasteiger partial charge in [-0.15, -0.1) is 0 Å². The third-order valence-electron chi connectivity index (χ3n) is 5.52. The number of likely N-dealkylation sites (tertiary alicyclic amines) is 1. The van der Waals surface area contributed by atoms with Crippen molar-refractivity contribution in [2.45, 2.75) is 49.5 Å². The normalized spacial score (nSPS) is 22.3. The van der Waals surface area contributed by atoms with Gasteiger partial charge in [-0.2, -0.15) is 0 Å². The fraction of sp³-hybridized carbons (Fsp3) is 0.556. The predicted molar refractivity (Wildman–Crippen MR) is 90.0 cm³/mol. The van der Waals surface area contributed by atoms with E-state index in [4.69, 9.17) is 16.7 Å². The van der Waals surface area contributed by atoms with E-state index in [-0.39, 0.29) is 31.8 Å². The summed E-state index contributed by atoms with van der Waals surface area (Å²) < 4.78 is 0. The number of benzene rings is 1. The van der Waals surface area contributed by atoms with Gasteiger partial charge in [-0.25, -0.2) is 4.79 Å². The molecule has 1 saturated carbocycles. The lowest BCUT2D eigenvalue weighted by Crippen LogP contribution is -2.54. The van der Waals surface area contributed by atoms with Crippen LogP contribution in [0.1, 0.15) is 44.1 Å². The highest BCUT2D eigenvalue weighted by Gasteiger charge is 2.48. The summed E-state index contributed by atoms with van der Waals surface area (Å²) in [7, 11) is 0. The SMILES string of the molecule is O=C(O)C1(O)CCN(C(=O)C2(c3cccc(Cl)c3)CCCC2)CC1. The number of hydrogen-bond acceptors (Lipinski definition) is 3. The summed E-state index contributed by atoms with van der Waals surface area (Å²) in [6, 6.07) is 7.48. The van der Waals surface area contributed by atoms with Crippen molar-refractivity contribution in [3.63, 3.8) is 0 Å². The second kappa shape index (κ2) is 6.37. The van der Waals surface area contributed by atoms with Gasteiger partial charge in [-0.1, -0.05) is 36.6 Å². The Morgan fingerprint density at radius 1 is 1.08 bits per heavy atom. The lowest BCUT2D eigenvalue weighted by molar-refractivity contribution is -0.166. The van der Waals surface area contributed by atoms with Gasteiger partial charge in [0.1, 0.15) is 0 Å². The summed E-state index contributed by atoms with van der Waals surface area (Å²) in [5.41, 5.74) is -1.34. The molecule has 0 radical (unpaired) electrons. The summed E-state index contributed by atoms with van der Waals surface area (Å²) in [6.45, 7) is 0.536. The van der Waals surface area contributed by atoms with Crippen LogP contribution in [0.15, 0.2) is 24.3 Å². The van der Waals surface area contributed by atoms with Gasteiger partial charge in [-0.3, -0.25) is 4.79 Å². The van der Waals surface area contributed by atoms with Crippen LogP contribution in [0, 0.1) is 0 Å². The Labute approximate surface area is 146 Å². The highest BCUT2D eigenvalue weighted by Crippen LogP contribution is 2.44. The molecular weight excluding hydrogens is 330 g/mol. The summed E-state index contributed by atoms with van der Waals surface area (Å²) in [6.07, 6.45) is 3.69. The molecule has 5 nitrogen and oxygen atoms in total. The molecule has 2 N–H and O–H groups in total. The molecule has 0 atom stereocenters. The van der Waals surface area contributed by atoms with E-state index in [9.17, 15) is 14.7 Å². The molecule has 1 aliphatic heterocycles. The monoisotopic (exact) mass is 351 g/mol. The van der Waals surface area contributed by atoms with Crippen molar-refractivity contribution in [2.24, 2.45) is 0 Å². The van der Waals surface area contributed by atoms with Crippen molar-refractivity contribution in [3.05, 3.63) is 34.9 Å². The minimum atomic E-state index is -1.71. The van der Waals surface area contributed by atoms with Gasteiger partial charge in [0.25, 0.3) is 0 Å². The van der Waals surface area contributed by atoms with E-state index < -0.39 is 17.0 Å². The number of aliphatic hydroxyl groups is 1. The number of halogens is 1. The van der Waals surface area contributed by atoms with Crippen molar-refractivity contribution in [2.75, 3.05) is 13.1 Å². The van der Waals surface area contributed by atoms with Crippen LogP contribution < -0.4 is 0 Å². The maximum absolute atomic E-state index is 13.3. The summed E-state index contributed by atoms with van der Waals surface area (Å²) >= 11 is 6.12. The zero-order chi connectivity index (χ0) is 17.4. The van der Waals surface area contributed by atoms with E-state index in [1.54, 1.807) is 11.0 Å². The fourth-order valence-electron chi connectivity index (χ4n) is 3.99. The van der Waals surface area contributed by atoms with Crippen LogP contribution in [0.3, 0.4) is 0 Å². The van der Waals surface area contributed by atoms with Crippen molar-refractivity contribution in [1.82, 2.24) is 4.90 Å². The fourth-order valence-corrected chi connectivity index (χ4v) is 4.18. The number of carboxylic acids is 1. The average molecular weight is 352 g/mol. The predicted octanol–water partition coefficient (Wildman–Crippen LogP) is 2.59. The average Bonchev–Trinajstić information content (AvgIpc) is 3.06. The second-order valence-electron chi connectivity index (χ2n) is 6.93. The Kier molecular flexibility index (Phi) is 4.58. The van der Waals surface area contributed by atoms with E-state index in [1.807, 2.05) is 18.2 Å². The number of piperidine rings is 1. The van der Waals surface area contributed by atoms with E-state index in [1.165, 1.54) is 0 Å². The maximum Gasteiger partial charge on any atom is 0.335 e. The molecule has 1 aromatic carbocycles. The van der Waals surface area contributed by atoms with Gasteiger partial charge in [0.2, 0.25) is 5.91 Å². The minimum absolute atomic E-state index is 0.0368. The Bertz CT molecular complexity index is 646. The Balaban J connectivity index is 1.83. The van der Waals surface area contributed by atoms with Crippen LogP contribution in [0.25, 0.3) is 0 Å². The van der Waals surface area contributed by atoms with Crippen molar-refractivity contribution < 1.29 is 19.8 Å². The molecule has 0 unspecified atom stereocenters. The molecule has 1 saturated heterocycles. The quantitative estimate of drug-likeness (QED) is 0.877. The molecule has 6 heteroatoms. The lowest BCUT2D eigenvalue weighted by atomic mass is 9.76. The summed E-state index contributed by atoms with van der Waals surface area (Å²) in [4.78, 5) is 26.1. The molecule has 0 bridgehead atoms. The molecule has 0 spiro atoms. The molecular formula is C18H22ClNO4. The topological polar surface area (TPSA) is 77.8 Å². The minimum Gasteiger partial charge on any atom is -0.479 e. The Morgan fingerprint density at radius 2 is 1.71 bits per heavy atom. The van der Waals surface area contributed by atoms with E-state index >= 15 is 0 Å². The maximum atomic E-state index is 13.3. The molecule has 3 rings (SSSR count). The molecule has 0 aromatic heterocycles. The van der Waals surface area contributed by atoms with Crippen molar-refractivity contribution >= 4 is 23.5 Å². The van der Waals surface area contributed by atoms with Crippen LogP contribution in [-0.4, -0.2) is 45.7 Å². The number of rotatable bonds is 3. The van der Waals surface area contributed by atoms with E-state index in [2.05, 4.69) is 0 Å². The van der Waals surface area contributed by atoms with E-state index in [0.717, 1.165) is 31.2 Å². The smallest absolute Gasteiger partial charge is 0.335 e. The molecule has 2 aliphatic rings. The van der Waals surface area contributed by atoms with Crippen LogP contribution in [0.2, 0.25) is 5.02 Å². The first-order valence-electron chi connectivity index (χ1n) is 8.39. The van der Waals surface area contributed by atoms with Gasteiger partial charge in [-0.05, 0) is 30.5 Å². The summed E-state index contributed by atoms with van der Waals surface area (Å²) in [5.74, 6) is -1.17. The van der Waals surface area contributed by atoms with Crippen LogP contribution >= 0.6 is 11.6 Å². The van der Waals surface area contributed by atoms with Gasteiger partial charge in [0.15, 0.2) is 5.60 Å². The zero-order valence-corrected chi connectivity index (χ0v) is 14.3. The molecule has 24 heavy (non-hydrogen) atoms. The number of amides is 1. The molecule has 130 valence electrons. The zero-order valence-electron chi connectivity index (χ0n) is 13.5. The van der Waals surface area contributed by atoms with Gasteiger partial charge in [0.05, 0.1) is 5.41 Å². The molecule has 2 fully saturated rings. The third-order valence-corrected chi connectivity index (χ3v) is 5.75. The summed E-state index contributed by atoms with van der Waals surface area (Å²) in [5, 5.41) is 19.8. The van der Waals surface area contributed by atoms with Crippen LogP contribution in [0.5, 0.6) is 0 Å². The van der Waals surface area contributed by atoms with Crippen LogP contribution in [0.4, 0.5) is 0 Å². The number of hydrogen-bond donors (Lipinski definition) is 2. The molecule has 1 aliphatic carbocycles. The van der Waals surface area contributed by atoms with Gasteiger partial charge >= 0.3 is 5.97 Å². The van der Waals surface area contributed by atoms with Crippen molar-refractivity contribution in [3.8, 4) is 0 Å². The molecule has 1 aromatic rings. The number of aliphatic carboxylic acids is 1. The highest BCUT2D eigenvalue weighted by molar-refractivity contribution is 6.30. The largest absolute Gasteiger partial charge is 0.479 e. The van der Waals surface area contributed by atoms with Gasteiger partial charge < -0.3 is 15.1 Å². The highest BCUT2D eigenvalue weighted by atomic mass is 35.5.